The Hall–Kier alpha value is -1.90. The average Bonchev–Trinajstić information content (AvgIpc) is 2.54. The zero-order chi connectivity index (χ0) is 15.5. The standard InChI is InChI=1S/C17H21N3O2/c1-22-16-6-8-19(9-7-16)15-11-20(12-15)17(21)14-4-2-13(10-18)3-5-14/h2-5,15-16H,6-9,11-12H2,1H3. The molecular formula is C17H21N3O2. The van der Waals surface area contributed by atoms with E-state index >= 15 is 0 Å². The van der Waals surface area contributed by atoms with Crippen molar-refractivity contribution in [3.05, 3.63) is 35.4 Å². The fourth-order valence-corrected chi connectivity index (χ4v) is 3.20. The summed E-state index contributed by atoms with van der Waals surface area (Å²) in [4.78, 5) is 16.7. The zero-order valence-corrected chi connectivity index (χ0v) is 12.9. The third kappa shape index (κ3) is 2.99. The fraction of sp³-hybridized carbons (Fsp3) is 0.529. The predicted molar refractivity (Wildman–Crippen MR) is 82.5 cm³/mol. The molecule has 1 aromatic carbocycles. The van der Waals surface area contributed by atoms with Gasteiger partial charge in [0.2, 0.25) is 0 Å². The summed E-state index contributed by atoms with van der Waals surface area (Å²) in [7, 11) is 1.78. The highest BCUT2D eigenvalue weighted by molar-refractivity contribution is 5.94. The van der Waals surface area contributed by atoms with Gasteiger partial charge in [-0.15, -0.1) is 0 Å². The molecule has 0 aromatic heterocycles. The van der Waals surface area contributed by atoms with Gasteiger partial charge in [-0.3, -0.25) is 9.69 Å². The Morgan fingerprint density at radius 1 is 1.23 bits per heavy atom. The van der Waals surface area contributed by atoms with Gasteiger partial charge in [-0.2, -0.15) is 5.26 Å². The maximum Gasteiger partial charge on any atom is 0.253 e. The Labute approximate surface area is 131 Å². The van der Waals surface area contributed by atoms with Gasteiger partial charge in [-0.05, 0) is 37.1 Å². The van der Waals surface area contributed by atoms with Crippen LogP contribution in [-0.2, 0) is 4.74 Å². The molecule has 0 N–H and O–H groups in total. The molecule has 2 heterocycles. The first kappa shape index (κ1) is 15.0. The lowest BCUT2D eigenvalue weighted by Gasteiger charge is -2.47. The second-order valence-corrected chi connectivity index (χ2v) is 6.02. The summed E-state index contributed by atoms with van der Waals surface area (Å²) >= 11 is 0. The van der Waals surface area contributed by atoms with E-state index in [1.165, 1.54) is 0 Å². The second kappa shape index (κ2) is 6.47. The van der Waals surface area contributed by atoms with Crippen LogP contribution in [0.5, 0.6) is 0 Å². The molecule has 2 aliphatic rings. The molecule has 5 heteroatoms. The van der Waals surface area contributed by atoms with Crippen molar-refractivity contribution in [2.45, 2.75) is 25.0 Å². The van der Waals surface area contributed by atoms with Crippen molar-refractivity contribution in [2.75, 3.05) is 33.3 Å². The van der Waals surface area contributed by atoms with Crippen molar-refractivity contribution in [3.8, 4) is 6.07 Å². The van der Waals surface area contributed by atoms with Crippen LogP contribution >= 0.6 is 0 Å². The van der Waals surface area contributed by atoms with E-state index in [-0.39, 0.29) is 5.91 Å². The molecule has 2 aliphatic heterocycles. The van der Waals surface area contributed by atoms with Gasteiger partial charge in [0.05, 0.1) is 17.7 Å². The summed E-state index contributed by atoms with van der Waals surface area (Å²) in [6.07, 6.45) is 2.56. The summed E-state index contributed by atoms with van der Waals surface area (Å²) in [6, 6.07) is 9.41. The number of methoxy groups -OCH3 is 1. The number of hydrogen-bond donors (Lipinski definition) is 0. The number of ether oxygens (including phenoxy) is 1. The predicted octanol–water partition coefficient (Wildman–Crippen LogP) is 1.49. The number of hydrogen-bond acceptors (Lipinski definition) is 4. The molecule has 0 saturated carbocycles. The number of nitrogens with zero attached hydrogens (tertiary/aromatic N) is 3. The molecule has 1 amide bonds. The van der Waals surface area contributed by atoms with E-state index in [2.05, 4.69) is 11.0 Å². The van der Waals surface area contributed by atoms with E-state index in [1.54, 1.807) is 31.4 Å². The molecule has 2 fully saturated rings. The Kier molecular flexibility index (Phi) is 4.41. The van der Waals surface area contributed by atoms with Crippen molar-refractivity contribution in [1.82, 2.24) is 9.80 Å². The third-order valence-electron chi connectivity index (χ3n) is 4.74. The van der Waals surface area contributed by atoms with Crippen LogP contribution < -0.4 is 0 Å². The first-order valence-electron chi connectivity index (χ1n) is 7.77. The SMILES string of the molecule is COC1CCN(C2CN(C(=O)c3ccc(C#N)cc3)C2)CC1. The molecule has 22 heavy (non-hydrogen) atoms. The molecule has 3 rings (SSSR count). The van der Waals surface area contributed by atoms with E-state index in [0.29, 0.717) is 23.3 Å². The largest absolute Gasteiger partial charge is 0.381 e. The number of nitriles is 1. The minimum Gasteiger partial charge on any atom is -0.381 e. The number of carbonyl (C=O) groups excluding carboxylic acids is 1. The van der Waals surface area contributed by atoms with Crippen molar-refractivity contribution in [3.63, 3.8) is 0 Å². The van der Waals surface area contributed by atoms with Crippen LogP contribution in [0, 0.1) is 11.3 Å². The van der Waals surface area contributed by atoms with Crippen molar-refractivity contribution in [2.24, 2.45) is 0 Å². The molecule has 116 valence electrons. The topological polar surface area (TPSA) is 56.6 Å². The van der Waals surface area contributed by atoms with Gasteiger partial charge in [0.25, 0.3) is 5.91 Å². The third-order valence-corrected chi connectivity index (χ3v) is 4.74. The molecule has 0 unspecified atom stereocenters. The van der Waals surface area contributed by atoms with Crippen LogP contribution in [0.15, 0.2) is 24.3 Å². The summed E-state index contributed by atoms with van der Waals surface area (Å²) < 4.78 is 5.39. The molecule has 5 nitrogen and oxygen atoms in total. The number of piperidine rings is 1. The number of likely N-dealkylation sites (tertiary alicyclic amines) is 2. The lowest BCUT2D eigenvalue weighted by atomic mass is 10.00. The smallest absolute Gasteiger partial charge is 0.253 e. The monoisotopic (exact) mass is 299 g/mol. The highest BCUT2D eigenvalue weighted by Gasteiger charge is 2.36. The normalized spacial score (nSPS) is 20.5. The maximum atomic E-state index is 12.4. The molecular weight excluding hydrogens is 278 g/mol. The molecule has 1 aromatic rings. The zero-order valence-electron chi connectivity index (χ0n) is 12.9. The molecule has 0 bridgehead atoms. The molecule has 0 aliphatic carbocycles. The van der Waals surface area contributed by atoms with Crippen molar-refractivity contribution >= 4 is 5.91 Å². The maximum absolute atomic E-state index is 12.4. The van der Waals surface area contributed by atoms with Crippen LogP contribution in [-0.4, -0.2) is 61.1 Å². The van der Waals surface area contributed by atoms with E-state index in [9.17, 15) is 4.79 Å². The molecule has 0 atom stereocenters. The molecule has 0 spiro atoms. The minimum atomic E-state index is 0.0625. The summed E-state index contributed by atoms with van der Waals surface area (Å²) in [5, 5.41) is 8.79. The van der Waals surface area contributed by atoms with Gasteiger partial charge in [-0.25, -0.2) is 0 Å². The lowest BCUT2D eigenvalue weighted by molar-refractivity contribution is -0.0119. The van der Waals surface area contributed by atoms with Crippen LogP contribution in [0.2, 0.25) is 0 Å². The second-order valence-electron chi connectivity index (χ2n) is 6.02. The summed E-state index contributed by atoms with van der Waals surface area (Å²) in [6.45, 7) is 3.72. The van der Waals surface area contributed by atoms with E-state index in [4.69, 9.17) is 10.00 Å². The first-order chi connectivity index (χ1) is 10.7. The fourth-order valence-electron chi connectivity index (χ4n) is 3.20. The van der Waals surface area contributed by atoms with Gasteiger partial charge >= 0.3 is 0 Å². The van der Waals surface area contributed by atoms with Crippen LogP contribution in [0.3, 0.4) is 0 Å². The summed E-state index contributed by atoms with van der Waals surface area (Å²) in [5.41, 5.74) is 1.24. The molecule has 2 saturated heterocycles. The Morgan fingerprint density at radius 2 is 1.86 bits per heavy atom. The first-order valence-corrected chi connectivity index (χ1v) is 7.77. The number of rotatable bonds is 3. The summed E-state index contributed by atoms with van der Waals surface area (Å²) in [5.74, 6) is 0.0625. The lowest BCUT2D eigenvalue weighted by Crippen LogP contribution is -2.62. The van der Waals surface area contributed by atoms with E-state index in [1.807, 2.05) is 4.90 Å². The Bertz CT molecular complexity index is 565. The van der Waals surface area contributed by atoms with E-state index < -0.39 is 0 Å². The highest BCUT2D eigenvalue weighted by atomic mass is 16.5. The number of amides is 1. The van der Waals surface area contributed by atoms with E-state index in [0.717, 1.165) is 39.0 Å². The Balaban J connectivity index is 1.50. The van der Waals surface area contributed by atoms with Crippen LogP contribution in [0.25, 0.3) is 0 Å². The van der Waals surface area contributed by atoms with Gasteiger partial charge in [-0.1, -0.05) is 0 Å². The minimum absolute atomic E-state index is 0.0625. The molecule has 0 radical (unpaired) electrons. The van der Waals surface area contributed by atoms with Gasteiger partial charge in [0.15, 0.2) is 0 Å². The van der Waals surface area contributed by atoms with Gasteiger partial charge in [0, 0.05) is 44.9 Å². The Morgan fingerprint density at radius 3 is 2.41 bits per heavy atom. The quantitative estimate of drug-likeness (QED) is 0.848. The number of benzene rings is 1. The van der Waals surface area contributed by atoms with Gasteiger partial charge in [0.1, 0.15) is 0 Å². The van der Waals surface area contributed by atoms with Crippen LogP contribution in [0.1, 0.15) is 28.8 Å². The highest BCUT2D eigenvalue weighted by Crippen LogP contribution is 2.22. The van der Waals surface area contributed by atoms with Crippen LogP contribution in [0.4, 0.5) is 0 Å². The van der Waals surface area contributed by atoms with Gasteiger partial charge < -0.3 is 9.64 Å². The average molecular weight is 299 g/mol. The van der Waals surface area contributed by atoms with Crippen molar-refractivity contribution in [1.29, 1.82) is 5.26 Å². The number of carbonyl (C=O) groups is 1. The van der Waals surface area contributed by atoms with Crippen molar-refractivity contribution < 1.29 is 9.53 Å².